The maximum absolute atomic E-state index is 13.1. The summed E-state index contributed by atoms with van der Waals surface area (Å²) in [6.07, 6.45) is 4.08. The molecule has 2 aromatic carbocycles. The zero-order valence-electron chi connectivity index (χ0n) is 19.3. The Balaban J connectivity index is 1.19. The van der Waals surface area contributed by atoms with E-state index in [0.29, 0.717) is 19.4 Å². The SMILES string of the molecule is O=C(N[C@@H]1C=CC[C@@H](C(=O)N2CCOCC2C(=O)O)C1)OCC1c2ccccc2-c2ccccc21. The van der Waals surface area contributed by atoms with E-state index >= 15 is 0 Å². The van der Waals surface area contributed by atoms with E-state index < -0.39 is 24.0 Å². The van der Waals surface area contributed by atoms with Gasteiger partial charge < -0.3 is 24.8 Å². The van der Waals surface area contributed by atoms with Crippen LogP contribution < -0.4 is 5.32 Å². The lowest BCUT2D eigenvalue weighted by molar-refractivity contribution is -0.160. The molecule has 2 N–H and O–H groups in total. The Bertz CT molecular complexity index is 1120. The van der Waals surface area contributed by atoms with Crippen molar-refractivity contribution in [3.05, 3.63) is 71.8 Å². The van der Waals surface area contributed by atoms with E-state index in [9.17, 15) is 19.5 Å². The Hall–Kier alpha value is -3.65. The molecule has 1 aliphatic heterocycles. The molecule has 182 valence electrons. The number of morpholine rings is 1. The molecular formula is C27H28N2O6. The maximum atomic E-state index is 13.1. The molecule has 0 aromatic heterocycles. The van der Waals surface area contributed by atoms with Crippen LogP contribution in [0.2, 0.25) is 0 Å². The van der Waals surface area contributed by atoms with Crippen molar-refractivity contribution < 1.29 is 29.0 Å². The minimum atomic E-state index is -1.07. The van der Waals surface area contributed by atoms with Crippen LogP contribution in [0.5, 0.6) is 0 Å². The minimum Gasteiger partial charge on any atom is -0.480 e. The molecule has 8 heteroatoms. The number of fused-ring (bicyclic) bond motifs is 3. The Morgan fingerprint density at radius 1 is 1.06 bits per heavy atom. The first-order chi connectivity index (χ1) is 17.0. The van der Waals surface area contributed by atoms with Crippen LogP contribution in [0.25, 0.3) is 11.1 Å². The topological polar surface area (TPSA) is 105 Å². The average Bonchev–Trinajstić information content (AvgIpc) is 3.21. The van der Waals surface area contributed by atoms with Crippen molar-refractivity contribution in [2.24, 2.45) is 5.92 Å². The molecule has 1 saturated heterocycles. The largest absolute Gasteiger partial charge is 0.480 e. The molecule has 0 bridgehead atoms. The summed E-state index contributed by atoms with van der Waals surface area (Å²) in [5.74, 6) is -1.72. The second-order valence-corrected chi connectivity index (χ2v) is 9.13. The molecule has 8 nitrogen and oxygen atoms in total. The Kier molecular flexibility index (Phi) is 6.55. The number of amides is 2. The van der Waals surface area contributed by atoms with Crippen LogP contribution >= 0.6 is 0 Å². The van der Waals surface area contributed by atoms with Gasteiger partial charge in [0.2, 0.25) is 5.91 Å². The van der Waals surface area contributed by atoms with E-state index in [1.807, 2.05) is 36.4 Å². The zero-order chi connectivity index (χ0) is 24.4. The summed E-state index contributed by atoms with van der Waals surface area (Å²) in [7, 11) is 0. The maximum Gasteiger partial charge on any atom is 0.407 e. The number of rotatable bonds is 5. The number of hydrogen-bond donors (Lipinski definition) is 2. The number of alkyl carbamates (subject to hydrolysis) is 1. The van der Waals surface area contributed by atoms with Crippen molar-refractivity contribution in [2.45, 2.75) is 30.8 Å². The standard InChI is InChI=1S/C27H28N2O6/c30-25(29-12-13-34-16-24(29)26(31)32)17-6-5-7-18(14-17)28-27(33)35-15-23-21-10-3-1-8-19(21)20-9-2-4-11-22(20)23/h1-5,7-11,17-18,23-24H,6,12-16H2,(H,28,33)(H,31,32)/t17-,18-,24?/m1/s1. The van der Waals surface area contributed by atoms with Crippen LogP contribution in [0.1, 0.15) is 29.9 Å². The number of ether oxygens (including phenoxy) is 2. The normalized spacial score (nSPS) is 23.3. The van der Waals surface area contributed by atoms with E-state index in [2.05, 4.69) is 29.6 Å². The summed E-state index contributed by atoms with van der Waals surface area (Å²) in [5.41, 5.74) is 4.61. The van der Waals surface area contributed by atoms with Crippen LogP contribution in [-0.2, 0) is 19.1 Å². The van der Waals surface area contributed by atoms with Crippen molar-refractivity contribution >= 4 is 18.0 Å². The van der Waals surface area contributed by atoms with E-state index in [-0.39, 0.29) is 37.6 Å². The predicted octanol–water partition coefficient (Wildman–Crippen LogP) is 3.17. The number of nitrogens with zero attached hydrogens (tertiary/aromatic N) is 1. The van der Waals surface area contributed by atoms with Crippen LogP contribution in [0.3, 0.4) is 0 Å². The summed E-state index contributed by atoms with van der Waals surface area (Å²) in [6.45, 7) is 0.776. The number of benzene rings is 2. The highest BCUT2D eigenvalue weighted by molar-refractivity contribution is 5.86. The summed E-state index contributed by atoms with van der Waals surface area (Å²) < 4.78 is 10.9. The molecule has 5 rings (SSSR count). The van der Waals surface area contributed by atoms with E-state index in [0.717, 1.165) is 22.3 Å². The van der Waals surface area contributed by atoms with Crippen LogP contribution in [0, 0.1) is 5.92 Å². The van der Waals surface area contributed by atoms with Crippen LogP contribution in [-0.4, -0.2) is 66.4 Å². The van der Waals surface area contributed by atoms with Crippen molar-refractivity contribution in [3.63, 3.8) is 0 Å². The van der Waals surface area contributed by atoms with E-state index in [4.69, 9.17) is 9.47 Å². The molecular weight excluding hydrogens is 448 g/mol. The summed E-state index contributed by atoms with van der Waals surface area (Å²) >= 11 is 0. The third kappa shape index (κ3) is 4.66. The summed E-state index contributed by atoms with van der Waals surface area (Å²) in [5, 5.41) is 12.3. The van der Waals surface area contributed by atoms with Crippen molar-refractivity contribution in [2.75, 3.05) is 26.4 Å². The van der Waals surface area contributed by atoms with Gasteiger partial charge in [0.05, 0.1) is 19.3 Å². The molecule has 0 spiro atoms. The van der Waals surface area contributed by atoms with Gasteiger partial charge in [-0.3, -0.25) is 4.79 Å². The van der Waals surface area contributed by atoms with Gasteiger partial charge in [-0.2, -0.15) is 0 Å². The van der Waals surface area contributed by atoms with E-state index in [1.165, 1.54) is 4.90 Å². The number of aliphatic carboxylic acids is 1. The van der Waals surface area contributed by atoms with Gasteiger partial charge in [-0.05, 0) is 35.1 Å². The summed E-state index contributed by atoms with van der Waals surface area (Å²) in [4.78, 5) is 38.6. The Morgan fingerprint density at radius 2 is 1.74 bits per heavy atom. The smallest absolute Gasteiger partial charge is 0.407 e. The Labute approximate surface area is 203 Å². The average molecular weight is 477 g/mol. The minimum absolute atomic E-state index is 0.00887. The van der Waals surface area contributed by atoms with E-state index in [1.54, 1.807) is 0 Å². The van der Waals surface area contributed by atoms with Gasteiger partial charge in [0.15, 0.2) is 6.04 Å². The van der Waals surface area contributed by atoms with Gasteiger partial charge in [-0.25, -0.2) is 9.59 Å². The number of carboxylic acids is 1. The third-order valence-electron chi connectivity index (χ3n) is 7.02. The monoisotopic (exact) mass is 476 g/mol. The highest BCUT2D eigenvalue weighted by atomic mass is 16.5. The molecule has 0 saturated carbocycles. The van der Waals surface area contributed by atoms with Gasteiger partial charge in [0.1, 0.15) is 6.61 Å². The van der Waals surface area contributed by atoms with Gasteiger partial charge in [-0.1, -0.05) is 60.7 Å². The highest BCUT2D eigenvalue weighted by Crippen LogP contribution is 2.44. The second-order valence-electron chi connectivity index (χ2n) is 9.13. The molecule has 3 atom stereocenters. The number of carbonyl (C=O) groups excluding carboxylic acids is 2. The fourth-order valence-electron chi connectivity index (χ4n) is 5.30. The fourth-order valence-corrected chi connectivity index (χ4v) is 5.30. The summed E-state index contributed by atoms with van der Waals surface area (Å²) in [6, 6.07) is 15.0. The molecule has 2 aromatic rings. The highest BCUT2D eigenvalue weighted by Gasteiger charge is 2.37. The third-order valence-corrected chi connectivity index (χ3v) is 7.02. The molecule has 1 unspecified atom stereocenters. The molecule has 35 heavy (non-hydrogen) atoms. The number of hydrogen-bond acceptors (Lipinski definition) is 5. The fraction of sp³-hybridized carbons (Fsp3) is 0.370. The lowest BCUT2D eigenvalue weighted by atomic mass is 9.89. The first-order valence-electron chi connectivity index (χ1n) is 11.9. The van der Waals surface area contributed by atoms with Crippen LogP contribution in [0.4, 0.5) is 4.79 Å². The van der Waals surface area contributed by atoms with Crippen molar-refractivity contribution in [1.29, 1.82) is 0 Å². The van der Waals surface area contributed by atoms with Crippen LogP contribution in [0.15, 0.2) is 60.7 Å². The quantitative estimate of drug-likeness (QED) is 0.643. The molecule has 2 aliphatic carbocycles. The number of carbonyl (C=O) groups is 3. The molecule has 1 fully saturated rings. The molecule has 2 amide bonds. The molecule has 3 aliphatic rings. The van der Waals surface area contributed by atoms with Gasteiger partial charge in [0, 0.05) is 18.4 Å². The molecule has 0 radical (unpaired) electrons. The van der Waals surface area contributed by atoms with Gasteiger partial charge in [-0.15, -0.1) is 0 Å². The second kappa shape index (κ2) is 9.92. The van der Waals surface area contributed by atoms with Crippen molar-refractivity contribution in [3.8, 4) is 11.1 Å². The lowest BCUT2D eigenvalue weighted by Crippen LogP contribution is -2.55. The van der Waals surface area contributed by atoms with Gasteiger partial charge >= 0.3 is 12.1 Å². The lowest BCUT2D eigenvalue weighted by Gasteiger charge is -2.36. The number of nitrogens with one attached hydrogen (secondary N) is 1. The first-order valence-corrected chi connectivity index (χ1v) is 11.9. The predicted molar refractivity (Wildman–Crippen MR) is 128 cm³/mol. The Morgan fingerprint density at radius 3 is 2.43 bits per heavy atom. The molecule has 1 heterocycles. The zero-order valence-corrected chi connectivity index (χ0v) is 19.3. The number of allylic oxidation sites excluding steroid dienone is 1. The first kappa shape index (κ1) is 23.1. The number of carboxylic acid groups (broad SMARTS) is 1. The van der Waals surface area contributed by atoms with Gasteiger partial charge in [0.25, 0.3) is 0 Å². The van der Waals surface area contributed by atoms with Crippen molar-refractivity contribution in [1.82, 2.24) is 10.2 Å².